The molecule has 0 saturated carbocycles. The maximum atomic E-state index is 14.3. The number of phenols is 1. The predicted octanol–water partition coefficient (Wildman–Crippen LogP) is 17.0. The van der Waals surface area contributed by atoms with Crippen LogP contribution in [0.15, 0.2) is 249 Å². The Labute approximate surface area is 700 Å². The molecule has 121 heavy (non-hydrogen) atoms. The molecule has 10 aromatic carbocycles. The molecule has 23 nitrogen and oxygen atoms in total. The van der Waals surface area contributed by atoms with Gasteiger partial charge in [0, 0.05) is 141 Å². The number of hydrogen-bond acceptors (Lipinski definition) is 15. The zero-order valence-electron chi connectivity index (χ0n) is 67.8. The number of amides is 4. The molecule has 3 aromatic heterocycles. The molecule has 0 bridgehead atoms. The van der Waals surface area contributed by atoms with E-state index in [9.17, 15) is 54.3 Å². The molecule has 0 fully saturated rings. The molecule has 620 valence electrons. The second kappa shape index (κ2) is 35.5. The molecule has 0 aliphatic carbocycles. The fourth-order valence-corrected chi connectivity index (χ4v) is 17.6. The maximum absolute atomic E-state index is 14.3. The van der Waals surface area contributed by atoms with Crippen LogP contribution in [0.2, 0.25) is 25.7 Å². The molecule has 6 heterocycles. The molecule has 0 spiro atoms. The molecule has 3 aliphatic rings. The number of hydrogen-bond donors (Lipinski definition) is 2. The maximum Gasteiger partial charge on any atom is 0.411 e. The van der Waals surface area contributed by atoms with Crippen LogP contribution in [-0.2, 0) is 64.4 Å². The highest BCUT2D eigenvalue weighted by molar-refractivity contribution is 7.90. The number of benzene rings is 10. The average molecular weight is 1690 g/mol. The minimum Gasteiger partial charge on any atom is -0.505 e. The fraction of sp³-hybridized carbons (Fsp3) is 0.207. The largest absolute Gasteiger partial charge is 0.505 e. The number of carbonyl (C=O) groups is 4. The van der Waals surface area contributed by atoms with Gasteiger partial charge in [-0.15, -0.1) is 0 Å². The van der Waals surface area contributed by atoms with E-state index in [1.54, 1.807) is 88.9 Å². The first kappa shape index (κ1) is 84.4. The SMILES string of the molecule is CN(C)S(=O)(=O)N(C)c1c2c(c(O)c3ncccc13)C(=O)N(Cc1ccc(F)cc1)C2.CN(C)S(=O)(=O)N(C)c1c2c(c(OC(c3ccccc3)c3ccccc3)c3ncccc13)C(=O)N(Cc1ccc(F)cc1)C2.C[Si](C)(C)CCOC(=O)Nc1c2c(c(OC(c3ccccc3)c3ccccc3)c3ncccc13)C(=O)N(Cc1ccc(F)cc1)C2. The number of rotatable bonds is 24. The molecule has 3 aliphatic heterocycles. The quantitative estimate of drug-likeness (QED) is 0.0533. The molecule has 13 aromatic rings. The highest BCUT2D eigenvalue weighted by Gasteiger charge is 2.43. The minimum atomic E-state index is -3.94. The lowest BCUT2D eigenvalue weighted by Crippen LogP contribution is -2.38. The van der Waals surface area contributed by atoms with Crippen LogP contribution in [0.5, 0.6) is 17.2 Å². The lowest BCUT2D eigenvalue weighted by atomic mass is 9.99. The van der Waals surface area contributed by atoms with Gasteiger partial charge in [-0.25, -0.2) is 18.0 Å². The molecule has 16 rings (SSSR count). The Hall–Kier alpha value is -13.1. The third-order valence-electron chi connectivity index (χ3n) is 21.2. The van der Waals surface area contributed by atoms with Gasteiger partial charge < -0.3 is 34.0 Å². The summed E-state index contributed by atoms with van der Waals surface area (Å²) in [5, 5.41) is 15.4. The third kappa shape index (κ3) is 17.8. The van der Waals surface area contributed by atoms with E-state index in [1.165, 1.54) is 94.1 Å². The molecular weight excluding hydrogens is 1600 g/mol. The van der Waals surface area contributed by atoms with Gasteiger partial charge in [0.2, 0.25) is 0 Å². The summed E-state index contributed by atoms with van der Waals surface area (Å²) in [6.45, 7) is 8.02. The lowest BCUT2D eigenvalue weighted by Gasteiger charge is -2.28. The van der Waals surface area contributed by atoms with E-state index in [2.05, 4.69) is 34.9 Å². The van der Waals surface area contributed by atoms with Gasteiger partial charge in [-0.2, -0.15) is 25.4 Å². The van der Waals surface area contributed by atoms with Gasteiger partial charge in [0.25, 0.3) is 17.7 Å². The van der Waals surface area contributed by atoms with Gasteiger partial charge in [0.1, 0.15) is 46.2 Å². The Kier molecular flexibility index (Phi) is 24.7. The normalized spacial score (nSPS) is 13.2. The second-order valence-corrected chi connectivity index (χ2v) is 40.9. The van der Waals surface area contributed by atoms with Crippen molar-refractivity contribution < 1.29 is 68.5 Å². The van der Waals surface area contributed by atoms with E-state index in [1.807, 2.05) is 127 Å². The number of nitrogens with zero attached hydrogens (tertiary/aromatic N) is 10. The summed E-state index contributed by atoms with van der Waals surface area (Å²) >= 11 is 0. The van der Waals surface area contributed by atoms with Gasteiger partial charge in [-0.3, -0.25) is 43.3 Å². The van der Waals surface area contributed by atoms with E-state index >= 15 is 0 Å². The summed E-state index contributed by atoms with van der Waals surface area (Å²) < 4.78 is 117. The first-order valence-electron chi connectivity index (χ1n) is 38.9. The highest BCUT2D eigenvalue weighted by Crippen LogP contribution is 2.50. The summed E-state index contributed by atoms with van der Waals surface area (Å²) in [6, 6.07) is 68.2. The summed E-state index contributed by atoms with van der Waals surface area (Å²) in [6.07, 6.45) is 3.00. The first-order chi connectivity index (χ1) is 58.0. The Morgan fingerprint density at radius 1 is 0.446 bits per heavy atom. The van der Waals surface area contributed by atoms with Crippen LogP contribution in [0.4, 0.5) is 35.0 Å². The van der Waals surface area contributed by atoms with Crippen LogP contribution >= 0.6 is 0 Å². The van der Waals surface area contributed by atoms with Crippen molar-refractivity contribution in [3.8, 4) is 17.2 Å². The monoisotopic (exact) mass is 1690 g/mol. The number of aromatic hydroxyl groups is 1. The van der Waals surface area contributed by atoms with Crippen molar-refractivity contribution in [1.29, 1.82) is 0 Å². The first-order valence-corrected chi connectivity index (χ1v) is 45.4. The van der Waals surface area contributed by atoms with Crippen molar-refractivity contribution >= 4 is 102 Å². The van der Waals surface area contributed by atoms with Crippen LogP contribution in [0.1, 0.15) is 98.9 Å². The number of halogens is 3. The minimum absolute atomic E-state index is 0.0316. The van der Waals surface area contributed by atoms with Gasteiger partial charge in [-0.1, -0.05) is 177 Å². The van der Waals surface area contributed by atoms with Crippen molar-refractivity contribution in [2.45, 2.75) is 77.2 Å². The van der Waals surface area contributed by atoms with Gasteiger partial charge in [0.05, 0.1) is 40.4 Å². The van der Waals surface area contributed by atoms with Crippen LogP contribution in [0.3, 0.4) is 0 Å². The highest BCUT2D eigenvalue weighted by atomic mass is 32.2. The number of ether oxygens (including phenoxy) is 3. The molecule has 2 N–H and O–H groups in total. The molecule has 4 amide bonds. The van der Waals surface area contributed by atoms with E-state index < -0.39 is 52.7 Å². The van der Waals surface area contributed by atoms with Crippen molar-refractivity contribution in [1.82, 2.24) is 38.3 Å². The van der Waals surface area contributed by atoms with Crippen molar-refractivity contribution in [2.75, 3.05) is 62.8 Å². The number of phenolic OH excluding ortho intramolecular Hbond substituents is 1. The lowest BCUT2D eigenvalue weighted by molar-refractivity contribution is 0.0755. The van der Waals surface area contributed by atoms with Crippen LogP contribution in [0.25, 0.3) is 32.7 Å². The topological polar surface area (TPSA) is 258 Å². The van der Waals surface area contributed by atoms with Crippen molar-refractivity contribution in [3.63, 3.8) is 0 Å². The van der Waals surface area contributed by atoms with Crippen LogP contribution in [-0.4, -0.2) is 141 Å². The molecule has 0 saturated heterocycles. The Bertz CT molecular complexity index is 6220. The van der Waals surface area contributed by atoms with E-state index in [0.717, 1.165) is 52.3 Å². The van der Waals surface area contributed by atoms with Crippen LogP contribution in [0, 0.1) is 17.5 Å². The number of anilines is 3. The van der Waals surface area contributed by atoms with Gasteiger partial charge >= 0.3 is 26.5 Å². The average Bonchev–Trinajstić information content (AvgIpc) is 1.84. The van der Waals surface area contributed by atoms with Gasteiger partial charge in [-0.05, 0) is 118 Å². The summed E-state index contributed by atoms with van der Waals surface area (Å²) in [5.41, 5.74) is 10.0. The molecular formula is C92H88F3N11O12S2Si. The Balaban J connectivity index is 0.000000151. The summed E-state index contributed by atoms with van der Waals surface area (Å²) in [7, 11) is -0.600. The Morgan fingerprint density at radius 3 is 1.14 bits per heavy atom. The fourth-order valence-electron chi connectivity index (χ4n) is 15.0. The number of fused-ring (bicyclic) bond motifs is 6. The number of nitrogens with one attached hydrogen (secondary N) is 1. The van der Waals surface area contributed by atoms with Crippen molar-refractivity contribution in [3.05, 3.63) is 339 Å². The standard InChI is InChI=1S/C37H36FN3O4Si.C34H31FN4O4S.C21H21FN4O4S/c1-46(2,3)22-21-44-37(43)40-32-29-15-10-20-39-33(29)35(45-34(26-11-6-4-7-12-26)27-13-8-5-9-14-27)31-30(32)24-41(36(31)42)23-25-16-18-28(38)19-17-25;1-37(2)44(41,42)38(3)31-27-15-10-20-36-30(27)33(43-32(24-11-6-4-7-12-24)25-13-8-5-9-14-25)29-28(31)22-39(34(29)40)21-23-16-18-26(35)19-17-23;1-24(2)31(29,30)25(3)19-15-5-4-10-23-18(15)20(27)17-16(19)12-26(21(17)28)11-13-6-8-14(22)9-7-13/h4-20,34H,21-24H2,1-3H3,(H,40,43);4-20,32H,21-22H2,1-3H3;4-10,27H,11-12H2,1-3H3. The molecule has 0 atom stereocenters. The number of aromatic nitrogens is 3. The third-order valence-corrected chi connectivity index (χ3v) is 26.5. The number of carbonyl (C=O) groups excluding carboxylic acids is 4. The van der Waals surface area contributed by atoms with E-state index in [0.29, 0.717) is 84.4 Å². The van der Waals surface area contributed by atoms with Crippen LogP contribution < -0.4 is 23.4 Å². The second-order valence-electron chi connectivity index (χ2n) is 30.9. The molecule has 0 radical (unpaired) electrons. The van der Waals surface area contributed by atoms with Crippen molar-refractivity contribution in [2.24, 2.45) is 0 Å². The van der Waals surface area contributed by atoms with Gasteiger partial charge in [0.15, 0.2) is 17.2 Å². The zero-order valence-corrected chi connectivity index (χ0v) is 70.5. The van der Waals surface area contributed by atoms with E-state index in [4.69, 9.17) is 19.2 Å². The Morgan fingerprint density at radius 2 is 0.769 bits per heavy atom. The summed E-state index contributed by atoms with van der Waals surface area (Å²) in [4.78, 5) is 73.2. The zero-order chi connectivity index (χ0) is 85.8. The summed E-state index contributed by atoms with van der Waals surface area (Å²) in [5.74, 6) is -1.80. The molecule has 0 unspecified atom stereocenters. The predicted molar refractivity (Wildman–Crippen MR) is 463 cm³/mol. The number of pyridine rings is 3. The van der Waals surface area contributed by atoms with E-state index in [-0.39, 0.29) is 96.7 Å². The smallest absolute Gasteiger partial charge is 0.411 e. The molecule has 29 heteroatoms.